The molecule has 0 heterocycles. The summed E-state index contributed by atoms with van der Waals surface area (Å²) in [5.74, 6) is -0.219. The summed E-state index contributed by atoms with van der Waals surface area (Å²) in [7, 11) is 3.78. The van der Waals surface area contributed by atoms with Crippen molar-refractivity contribution < 1.29 is 4.79 Å². The van der Waals surface area contributed by atoms with Crippen molar-refractivity contribution in [1.82, 2.24) is 5.32 Å². The molecule has 0 saturated heterocycles. The van der Waals surface area contributed by atoms with E-state index in [-0.39, 0.29) is 12.5 Å². The van der Waals surface area contributed by atoms with Gasteiger partial charge in [-0.15, -0.1) is 0 Å². The summed E-state index contributed by atoms with van der Waals surface area (Å²) >= 11 is 5.57. The molecule has 1 aromatic rings. The molecule has 0 aliphatic rings. The number of nitrogen functional groups attached to an aromatic ring is 1. The maximum Gasteiger partial charge on any atom is 0.251 e. The first-order valence-corrected chi connectivity index (χ1v) is 5.48. The number of hydrogen-bond acceptors (Lipinski definition) is 3. The second kappa shape index (κ2) is 5.59. The summed E-state index contributed by atoms with van der Waals surface area (Å²) in [5, 5.41) is 3.02. The molecule has 0 fully saturated rings. The molecular weight excluding hydrogens is 238 g/mol. The molecule has 0 aliphatic heterocycles. The number of nitrogens with one attached hydrogen (secondary N) is 1. The highest BCUT2D eigenvalue weighted by Gasteiger charge is 2.08. The van der Waals surface area contributed by atoms with Crippen molar-refractivity contribution in [2.24, 2.45) is 0 Å². The van der Waals surface area contributed by atoms with Crippen molar-refractivity contribution in [3.05, 3.63) is 35.4 Å². The van der Waals surface area contributed by atoms with Crippen LogP contribution < -0.4 is 16.0 Å². The van der Waals surface area contributed by atoms with Crippen LogP contribution in [0.4, 0.5) is 11.4 Å². The van der Waals surface area contributed by atoms with Crippen molar-refractivity contribution in [1.29, 1.82) is 0 Å². The highest BCUT2D eigenvalue weighted by molar-refractivity contribution is 6.29. The molecule has 0 atom stereocenters. The molecule has 0 spiro atoms. The molecule has 0 aliphatic carbocycles. The number of rotatable bonds is 4. The third kappa shape index (κ3) is 3.67. The Morgan fingerprint density at radius 1 is 1.53 bits per heavy atom. The van der Waals surface area contributed by atoms with Crippen molar-refractivity contribution in [3.63, 3.8) is 0 Å². The smallest absolute Gasteiger partial charge is 0.251 e. The van der Waals surface area contributed by atoms with Crippen LogP contribution in [0.25, 0.3) is 0 Å². The third-order valence-electron chi connectivity index (χ3n) is 2.21. The van der Waals surface area contributed by atoms with Gasteiger partial charge in [-0.05, 0) is 18.2 Å². The largest absolute Gasteiger partial charge is 0.397 e. The first kappa shape index (κ1) is 13.4. The van der Waals surface area contributed by atoms with Gasteiger partial charge in [0.2, 0.25) is 0 Å². The van der Waals surface area contributed by atoms with Crippen molar-refractivity contribution in [2.75, 3.05) is 31.3 Å². The monoisotopic (exact) mass is 253 g/mol. The Kier molecular flexibility index (Phi) is 4.40. The van der Waals surface area contributed by atoms with Crippen molar-refractivity contribution in [2.45, 2.75) is 0 Å². The van der Waals surface area contributed by atoms with Crippen LogP contribution in [0.1, 0.15) is 10.4 Å². The molecule has 1 aromatic carbocycles. The zero-order valence-electron chi connectivity index (χ0n) is 9.96. The van der Waals surface area contributed by atoms with Crippen LogP contribution in [-0.4, -0.2) is 26.5 Å². The van der Waals surface area contributed by atoms with E-state index >= 15 is 0 Å². The average Bonchev–Trinajstić information content (AvgIpc) is 2.25. The van der Waals surface area contributed by atoms with Crippen LogP contribution in [0.2, 0.25) is 0 Å². The first-order valence-electron chi connectivity index (χ1n) is 5.10. The Labute approximate surface area is 106 Å². The molecule has 5 heteroatoms. The fraction of sp³-hybridized carbons (Fsp3) is 0.250. The van der Waals surface area contributed by atoms with E-state index in [1.807, 2.05) is 19.0 Å². The van der Waals surface area contributed by atoms with Gasteiger partial charge >= 0.3 is 0 Å². The minimum absolute atomic E-state index is 0.219. The number of nitrogens with zero attached hydrogens (tertiary/aromatic N) is 1. The summed E-state index contributed by atoms with van der Waals surface area (Å²) in [6, 6.07) is 5.17. The summed E-state index contributed by atoms with van der Waals surface area (Å²) < 4.78 is 0. The van der Waals surface area contributed by atoms with Crippen LogP contribution >= 0.6 is 11.6 Å². The van der Waals surface area contributed by atoms with Crippen LogP contribution in [0.15, 0.2) is 29.8 Å². The number of amides is 1. The molecule has 3 N–H and O–H groups in total. The van der Waals surface area contributed by atoms with Gasteiger partial charge in [0.25, 0.3) is 5.91 Å². The van der Waals surface area contributed by atoms with Gasteiger partial charge in [-0.1, -0.05) is 18.2 Å². The summed E-state index contributed by atoms with van der Waals surface area (Å²) in [5.41, 5.74) is 7.80. The molecule has 17 heavy (non-hydrogen) atoms. The number of halogens is 1. The van der Waals surface area contributed by atoms with Gasteiger partial charge in [0.15, 0.2) is 0 Å². The second-order valence-corrected chi connectivity index (χ2v) is 4.40. The molecular formula is C12H16ClN3O. The fourth-order valence-corrected chi connectivity index (χ4v) is 1.45. The van der Waals surface area contributed by atoms with Gasteiger partial charge < -0.3 is 16.0 Å². The number of anilines is 2. The predicted molar refractivity (Wildman–Crippen MR) is 72.5 cm³/mol. The summed E-state index contributed by atoms with van der Waals surface area (Å²) in [6.07, 6.45) is 0. The standard InChI is InChI=1S/C12H16ClN3O/c1-8(13)7-15-12(17)9-4-5-11(16(2)3)10(14)6-9/h4-6H,1,7,14H2,2-3H3,(H,15,17). The van der Waals surface area contributed by atoms with E-state index < -0.39 is 0 Å². The topological polar surface area (TPSA) is 58.4 Å². The maximum absolute atomic E-state index is 11.7. The lowest BCUT2D eigenvalue weighted by Crippen LogP contribution is -2.24. The quantitative estimate of drug-likeness (QED) is 0.805. The molecule has 0 saturated carbocycles. The minimum atomic E-state index is -0.219. The number of hydrogen-bond donors (Lipinski definition) is 2. The minimum Gasteiger partial charge on any atom is -0.397 e. The van der Waals surface area contributed by atoms with E-state index in [1.54, 1.807) is 18.2 Å². The normalized spacial score (nSPS) is 9.82. The molecule has 0 unspecified atom stereocenters. The van der Waals surface area contributed by atoms with Crippen molar-refractivity contribution in [3.8, 4) is 0 Å². The van der Waals surface area contributed by atoms with Gasteiger partial charge in [-0.25, -0.2) is 0 Å². The lowest BCUT2D eigenvalue weighted by atomic mass is 10.1. The van der Waals surface area contributed by atoms with Gasteiger partial charge in [0.05, 0.1) is 17.9 Å². The van der Waals surface area contributed by atoms with Crippen LogP contribution in [0.3, 0.4) is 0 Å². The van der Waals surface area contributed by atoms with Crippen molar-refractivity contribution >= 4 is 28.9 Å². The Bertz CT molecular complexity index is 443. The highest BCUT2D eigenvalue weighted by Crippen LogP contribution is 2.22. The number of carbonyl (C=O) groups excluding carboxylic acids is 1. The van der Waals surface area contributed by atoms with E-state index in [9.17, 15) is 4.79 Å². The predicted octanol–water partition coefficient (Wildman–Crippen LogP) is 1.82. The van der Waals surface area contributed by atoms with Gasteiger partial charge in [-0.3, -0.25) is 4.79 Å². The van der Waals surface area contributed by atoms with Gasteiger partial charge in [-0.2, -0.15) is 0 Å². The van der Waals surface area contributed by atoms with E-state index in [0.29, 0.717) is 16.3 Å². The van der Waals surface area contributed by atoms with E-state index in [4.69, 9.17) is 17.3 Å². The Morgan fingerprint density at radius 2 is 2.18 bits per heavy atom. The molecule has 0 aromatic heterocycles. The molecule has 1 rings (SSSR count). The summed E-state index contributed by atoms with van der Waals surface area (Å²) in [6.45, 7) is 3.74. The van der Waals surface area contributed by atoms with E-state index in [2.05, 4.69) is 11.9 Å². The number of nitrogens with two attached hydrogens (primary N) is 1. The SMILES string of the molecule is C=C(Cl)CNC(=O)c1ccc(N(C)C)c(N)c1. The second-order valence-electron chi connectivity index (χ2n) is 3.87. The highest BCUT2D eigenvalue weighted by atomic mass is 35.5. The molecule has 92 valence electrons. The summed E-state index contributed by atoms with van der Waals surface area (Å²) in [4.78, 5) is 13.6. The zero-order chi connectivity index (χ0) is 13.0. The molecule has 4 nitrogen and oxygen atoms in total. The maximum atomic E-state index is 11.7. The fourth-order valence-electron chi connectivity index (χ4n) is 1.38. The Hall–Kier alpha value is -1.68. The molecule has 1 amide bonds. The lowest BCUT2D eigenvalue weighted by Gasteiger charge is -2.15. The Balaban J connectivity index is 2.83. The van der Waals surface area contributed by atoms with Crippen LogP contribution in [0, 0.1) is 0 Å². The Morgan fingerprint density at radius 3 is 2.65 bits per heavy atom. The van der Waals surface area contributed by atoms with E-state index in [0.717, 1.165) is 5.69 Å². The van der Waals surface area contributed by atoms with Crippen LogP contribution in [0.5, 0.6) is 0 Å². The molecule has 0 bridgehead atoms. The first-order chi connectivity index (χ1) is 7.91. The lowest BCUT2D eigenvalue weighted by molar-refractivity contribution is 0.0957. The number of carbonyl (C=O) groups is 1. The van der Waals surface area contributed by atoms with Gasteiger partial charge in [0.1, 0.15) is 0 Å². The third-order valence-corrected chi connectivity index (χ3v) is 2.35. The number of benzene rings is 1. The van der Waals surface area contributed by atoms with Gasteiger partial charge in [0, 0.05) is 24.7 Å². The average molecular weight is 254 g/mol. The van der Waals surface area contributed by atoms with Crippen LogP contribution in [-0.2, 0) is 0 Å². The zero-order valence-corrected chi connectivity index (χ0v) is 10.7. The van der Waals surface area contributed by atoms with E-state index in [1.165, 1.54) is 0 Å². The molecule has 0 radical (unpaired) electrons.